The molecule has 2 fully saturated rings. The standard InChI is InChI=1S/C9H17FN2.C2H6/c10-8-7-11-4-3-9(8)12-5-1-2-6-12;1-2/h8-9,11H,1-7H2;1-2H3. The third kappa shape index (κ3) is 2.92. The Morgan fingerprint density at radius 2 is 1.86 bits per heavy atom. The first-order chi connectivity index (χ1) is 6.88. The summed E-state index contributed by atoms with van der Waals surface area (Å²) in [7, 11) is 0. The summed E-state index contributed by atoms with van der Waals surface area (Å²) in [6, 6.07) is 0.216. The minimum absolute atomic E-state index is 0.216. The van der Waals surface area contributed by atoms with E-state index < -0.39 is 6.17 Å². The highest BCUT2D eigenvalue weighted by molar-refractivity contribution is 4.87. The molecule has 0 aliphatic carbocycles. The molecule has 2 unspecified atom stereocenters. The summed E-state index contributed by atoms with van der Waals surface area (Å²) >= 11 is 0. The third-order valence-corrected chi connectivity index (χ3v) is 2.98. The smallest absolute Gasteiger partial charge is 0.128 e. The minimum atomic E-state index is -0.642. The highest BCUT2D eigenvalue weighted by atomic mass is 19.1. The van der Waals surface area contributed by atoms with Crippen LogP contribution in [0.2, 0.25) is 0 Å². The molecule has 2 rings (SSSR count). The second kappa shape index (κ2) is 6.36. The molecule has 0 amide bonds. The number of nitrogens with zero attached hydrogens (tertiary/aromatic N) is 1. The summed E-state index contributed by atoms with van der Waals surface area (Å²) in [6.07, 6.45) is 2.87. The van der Waals surface area contributed by atoms with Gasteiger partial charge in [0.2, 0.25) is 0 Å². The summed E-state index contributed by atoms with van der Waals surface area (Å²) in [5.41, 5.74) is 0. The molecule has 2 nitrogen and oxygen atoms in total. The average Bonchev–Trinajstić information content (AvgIpc) is 2.75. The zero-order valence-electron chi connectivity index (χ0n) is 9.43. The van der Waals surface area contributed by atoms with E-state index in [-0.39, 0.29) is 6.04 Å². The molecular weight excluding hydrogens is 179 g/mol. The number of nitrogens with one attached hydrogen (secondary N) is 1. The lowest BCUT2D eigenvalue weighted by Crippen LogP contribution is -2.50. The number of hydrogen-bond acceptors (Lipinski definition) is 2. The largest absolute Gasteiger partial charge is 0.314 e. The molecule has 2 heterocycles. The van der Waals surface area contributed by atoms with E-state index >= 15 is 0 Å². The number of likely N-dealkylation sites (tertiary alicyclic amines) is 1. The van der Waals surface area contributed by atoms with Crippen LogP contribution < -0.4 is 5.32 Å². The van der Waals surface area contributed by atoms with Crippen LogP contribution >= 0.6 is 0 Å². The number of piperidine rings is 1. The van der Waals surface area contributed by atoms with E-state index in [0.717, 1.165) is 26.1 Å². The predicted octanol–water partition coefficient (Wildman–Crippen LogP) is 1.81. The number of halogens is 1. The van der Waals surface area contributed by atoms with Crippen LogP contribution in [0.5, 0.6) is 0 Å². The Balaban J connectivity index is 0.000000461. The molecule has 2 saturated heterocycles. The quantitative estimate of drug-likeness (QED) is 0.697. The van der Waals surface area contributed by atoms with Crippen molar-refractivity contribution in [1.82, 2.24) is 10.2 Å². The molecule has 0 bridgehead atoms. The van der Waals surface area contributed by atoms with Crippen LogP contribution in [0.4, 0.5) is 4.39 Å². The van der Waals surface area contributed by atoms with Gasteiger partial charge in [-0.05, 0) is 38.9 Å². The van der Waals surface area contributed by atoms with Gasteiger partial charge in [-0.1, -0.05) is 13.8 Å². The molecule has 2 atom stereocenters. The maximum absolute atomic E-state index is 13.4. The van der Waals surface area contributed by atoms with Crippen molar-refractivity contribution in [2.45, 2.75) is 45.3 Å². The molecular formula is C11H23FN2. The first kappa shape index (κ1) is 11.9. The first-order valence-electron chi connectivity index (χ1n) is 5.97. The zero-order chi connectivity index (χ0) is 10.4. The normalized spacial score (nSPS) is 33.6. The van der Waals surface area contributed by atoms with E-state index in [1.807, 2.05) is 13.8 Å². The Morgan fingerprint density at radius 1 is 1.21 bits per heavy atom. The Kier molecular flexibility index (Phi) is 5.41. The lowest BCUT2D eigenvalue weighted by Gasteiger charge is -2.33. The molecule has 0 spiro atoms. The van der Waals surface area contributed by atoms with E-state index in [0.29, 0.717) is 6.54 Å². The summed E-state index contributed by atoms with van der Waals surface area (Å²) in [6.45, 7) is 7.78. The van der Waals surface area contributed by atoms with Crippen molar-refractivity contribution in [3.63, 3.8) is 0 Å². The lowest BCUT2D eigenvalue weighted by atomic mass is 10.0. The maximum atomic E-state index is 13.4. The van der Waals surface area contributed by atoms with Crippen LogP contribution in [0, 0.1) is 0 Å². The Bertz CT molecular complexity index is 146. The highest BCUT2D eigenvalue weighted by Crippen LogP contribution is 2.20. The van der Waals surface area contributed by atoms with Crippen LogP contribution in [0.1, 0.15) is 33.1 Å². The second-order valence-electron chi connectivity index (χ2n) is 3.82. The molecule has 3 heteroatoms. The highest BCUT2D eigenvalue weighted by Gasteiger charge is 2.31. The molecule has 1 N–H and O–H groups in total. The predicted molar refractivity (Wildman–Crippen MR) is 58.3 cm³/mol. The number of hydrogen-bond donors (Lipinski definition) is 1. The fraction of sp³-hybridized carbons (Fsp3) is 1.00. The molecule has 14 heavy (non-hydrogen) atoms. The minimum Gasteiger partial charge on any atom is -0.314 e. The third-order valence-electron chi connectivity index (χ3n) is 2.98. The summed E-state index contributed by atoms with van der Waals surface area (Å²) < 4.78 is 13.4. The van der Waals surface area contributed by atoms with E-state index in [1.54, 1.807) is 0 Å². The molecule has 2 aliphatic heterocycles. The molecule has 0 aromatic carbocycles. The van der Waals surface area contributed by atoms with Crippen LogP contribution in [-0.4, -0.2) is 43.3 Å². The summed E-state index contributed by atoms with van der Waals surface area (Å²) in [5, 5.41) is 3.09. The summed E-state index contributed by atoms with van der Waals surface area (Å²) in [4.78, 5) is 2.32. The fourth-order valence-electron chi connectivity index (χ4n) is 2.29. The Morgan fingerprint density at radius 3 is 2.43 bits per heavy atom. The Labute approximate surface area is 86.9 Å². The van der Waals surface area contributed by atoms with Crippen LogP contribution in [-0.2, 0) is 0 Å². The van der Waals surface area contributed by atoms with Gasteiger partial charge in [-0.2, -0.15) is 0 Å². The monoisotopic (exact) mass is 202 g/mol. The van der Waals surface area contributed by atoms with Gasteiger partial charge in [0.15, 0.2) is 0 Å². The Hall–Kier alpha value is -0.150. The second-order valence-corrected chi connectivity index (χ2v) is 3.82. The van der Waals surface area contributed by atoms with E-state index in [9.17, 15) is 4.39 Å². The molecule has 0 aromatic heterocycles. The van der Waals surface area contributed by atoms with Crippen molar-refractivity contribution < 1.29 is 4.39 Å². The van der Waals surface area contributed by atoms with Gasteiger partial charge in [-0.15, -0.1) is 0 Å². The van der Waals surface area contributed by atoms with Crippen LogP contribution in [0.3, 0.4) is 0 Å². The lowest BCUT2D eigenvalue weighted by molar-refractivity contribution is 0.104. The van der Waals surface area contributed by atoms with E-state index in [4.69, 9.17) is 0 Å². The van der Waals surface area contributed by atoms with Gasteiger partial charge >= 0.3 is 0 Å². The average molecular weight is 202 g/mol. The van der Waals surface area contributed by atoms with Crippen LogP contribution in [0.15, 0.2) is 0 Å². The van der Waals surface area contributed by atoms with Crippen molar-refractivity contribution in [1.29, 1.82) is 0 Å². The SMILES string of the molecule is CC.FC1CNCCC1N1CCCC1. The summed E-state index contributed by atoms with van der Waals surface area (Å²) in [5.74, 6) is 0. The van der Waals surface area contributed by atoms with Crippen molar-refractivity contribution in [2.24, 2.45) is 0 Å². The number of alkyl halides is 1. The van der Waals surface area contributed by atoms with Crippen molar-refractivity contribution in [3.8, 4) is 0 Å². The van der Waals surface area contributed by atoms with Gasteiger partial charge in [0.05, 0.1) is 0 Å². The van der Waals surface area contributed by atoms with E-state index in [2.05, 4.69) is 10.2 Å². The molecule has 0 aromatic rings. The van der Waals surface area contributed by atoms with E-state index in [1.165, 1.54) is 12.8 Å². The maximum Gasteiger partial charge on any atom is 0.128 e. The fourth-order valence-corrected chi connectivity index (χ4v) is 2.29. The van der Waals surface area contributed by atoms with Crippen LogP contribution in [0.25, 0.3) is 0 Å². The molecule has 2 aliphatic rings. The van der Waals surface area contributed by atoms with Gasteiger partial charge < -0.3 is 5.32 Å². The van der Waals surface area contributed by atoms with Crippen molar-refractivity contribution in [3.05, 3.63) is 0 Å². The number of rotatable bonds is 1. The molecule has 0 saturated carbocycles. The van der Waals surface area contributed by atoms with Crippen molar-refractivity contribution >= 4 is 0 Å². The van der Waals surface area contributed by atoms with Gasteiger partial charge in [0.25, 0.3) is 0 Å². The van der Waals surface area contributed by atoms with Crippen molar-refractivity contribution in [2.75, 3.05) is 26.2 Å². The topological polar surface area (TPSA) is 15.3 Å². The van der Waals surface area contributed by atoms with Gasteiger partial charge in [0, 0.05) is 12.6 Å². The van der Waals surface area contributed by atoms with Gasteiger partial charge in [-0.3, -0.25) is 4.90 Å². The zero-order valence-corrected chi connectivity index (χ0v) is 9.43. The molecule has 84 valence electrons. The first-order valence-corrected chi connectivity index (χ1v) is 5.97. The van der Waals surface area contributed by atoms with Gasteiger partial charge in [-0.25, -0.2) is 4.39 Å². The molecule has 0 radical (unpaired) electrons. The van der Waals surface area contributed by atoms with Gasteiger partial charge in [0.1, 0.15) is 6.17 Å².